The first-order valence-corrected chi connectivity index (χ1v) is 5.74. The minimum absolute atomic E-state index is 0.0758. The molecule has 0 bridgehead atoms. The van der Waals surface area contributed by atoms with Gasteiger partial charge in [-0.15, -0.1) is 5.10 Å². The van der Waals surface area contributed by atoms with E-state index < -0.39 is 5.82 Å². The van der Waals surface area contributed by atoms with Crippen molar-refractivity contribution in [2.45, 2.75) is 12.5 Å². The molecule has 18 heavy (non-hydrogen) atoms. The molecule has 0 spiro atoms. The standard InChI is InChI=1S/C11H13ClFN5/c1-18-6-8(16-17-18)5-11(15-14)7-2-3-10(13)9(12)4-7/h2-4,6,11,15H,5,14H2,1H3. The van der Waals surface area contributed by atoms with Gasteiger partial charge in [0, 0.05) is 19.7 Å². The average Bonchev–Trinajstić information content (AvgIpc) is 2.75. The summed E-state index contributed by atoms with van der Waals surface area (Å²) in [4.78, 5) is 0. The summed E-state index contributed by atoms with van der Waals surface area (Å²) < 4.78 is 14.7. The molecule has 0 aliphatic heterocycles. The van der Waals surface area contributed by atoms with Crippen molar-refractivity contribution in [2.24, 2.45) is 12.9 Å². The van der Waals surface area contributed by atoms with Gasteiger partial charge in [0.15, 0.2) is 0 Å². The summed E-state index contributed by atoms with van der Waals surface area (Å²) in [5.41, 5.74) is 4.26. The highest BCUT2D eigenvalue weighted by molar-refractivity contribution is 6.30. The Hall–Kier alpha value is -1.50. The van der Waals surface area contributed by atoms with Crippen LogP contribution in [0.4, 0.5) is 4.39 Å². The molecular weight excluding hydrogens is 257 g/mol. The molecule has 2 rings (SSSR count). The topological polar surface area (TPSA) is 68.8 Å². The minimum atomic E-state index is -0.448. The SMILES string of the molecule is Cn1cc(CC(NN)c2ccc(F)c(Cl)c2)nn1. The van der Waals surface area contributed by atoms with Gasteiger partial charge in [-0.3, -0.25) is 16.0 Å². The molecule has 0 aliphatic carbocycles. The summed E-state index contributed by atoms with van der Waals surface area (Å²) in [6.45, 7) is 0. The molecule has 0 radical (unpaired) electrons. The van der Waals surface area contributed by atoms with Crippen molar-refractivity contribution >= 4 is 11.6 Å². The maximum absolute atomic E-state index is 13.1. The van der Waals surface area contributed by atoms with Gasteiger partial charge >= 0.3 is 0 Å². The molecule has 1 unspecified atom stereocenters. The Morgan fingerprint density at radius 1 is 1.56 bits per heavy atom. The van der Waals surface area contributed by atoms with Crippen LogP contribution in [0.3, 0.4) is 0 Å². The monoisotopic (exact) mass is 269 g/mol. The van der Waals surface area contributed by atoms with E-state index in [1.165, 1.54) is 6.07 Å². The van der Waals surface area contributed by atoms with Crippen molar-refractivity contribution in [3.8, 4) is 0 Å². The number of halogens is 2. The number of hydrogen-bond donors (Lipinski definition) is 2. The summed E-state index contributed by atoms with van der Waals surface area (Å²) >= 11 is 5.75. The van der Waals surface area contributed by atoms with Crippen LogP contribution in [0.15, 0.2) is 24.4 Å². The molecule has 1 aromatic heterocycles. The second-order valence-electron chi connectivity index (χ2n) is 3.98. The molecule has 2 aromatic rings. The molecule has 1 atom stereocenters. The van der Waals surface area contributed by atoms with E-state index in [0.717, 1.165) is 11.3 Å². The first-order valence-electron chi connectivity index (χ1n) is 5.36. The quantitative estimate of drug-likeness (QED) is 0.649. The Kier molecular flexibility index (Phi) is 3.90. The lowest BCUT2D eigenvalue weighted by Gasteiger charge is -2.15. The highest BCUT2D eigenvalue weighted by atomic mass is 35.5. The van der Waals surface area contributed by atoms with Crippen molar-refractivity contribution in [3.63, 3.8) is 0 Å². The van der Waals surface area contributed by atoms with E-state index in [1.807, 2.05) is 0 Å². The van der Waals surface area contributed by atoms with Crippen LogP contribution >= 0.6 is 11.6 Å². The van der Waals surface area contributed by atoms with Gasteiger partial charge in [0.1, 0.15) is 5.82 Å². The zero-order valence-corrected chi connectivity index (χ0v) is 10.5. The summed E-state index contributed by atoms with van der Waals surface area (Å²) in [6.07, 6.45) is 2.35. The van der Waals surface area contributed by atoms with Crippen molar-refractivity contribution in [1.29, 1.82) is 0 Å². The van der Waals surface area contributed by atoms with Crippen LogP contribution in [0.5, 0.6) is 0 Å². The molecule has 0 amide bonds. The van der Waals surface area contributed by atoms with Crippen LogP contribution in [0.1, 0.15) is 17.3 Å². The number of aromatic nitrogens is 3. The van der Waals surface area contributed by atoms with E-state index in [4.69, 9.17) is 17.4 Å². The number of nitrogens with two attached hydrogens (primary N) is 1. The molecule has 96 valence electrons. The van der Waals surface area contributed by atoms with Crippen LogP contribution in [-0.4, -0.2) is 15.0 Å². The number of benzene rings is 1. The Labute approximate surface area is 109 Å². The molecule has 1 heterocycles. The van der Waals surface area contributed by atoms with Crippen molar-refractivity contribution < 1.29 is 4.39 Å². The predicted molar refractivity (Wildman–Crippen MR) is 66.2 cm³/mol. The van der Waals surface area contributed by atoms with Crippen LogP contribution in [0.25, 0.3) is 0 Å². The second-order valence-corrected chi connectivity index (χ2v) is 4.39. The number of hydrazine groups is 1. The molecule has 1 aromatic carbocycles. The van der Waals surface area contributed by atoms with Gasteiger partial charge in [0.2, 0.25) is 0 Å². The lowest BCUT2D eigenvalue weighted by Crippen LogP contribution is -2.29. The van der Waals surface area contributed by atoms with Gasteiger partial charge < -0.3 is 0 Å². The fourth-order valence-corrected chi connectivity index (χ4v) is 1.89. The summed E-state index contributed by atoms with van der Waals surface area (Å²) in [5, 5.41) is 7.90. The number of nitrogens with zero attached hydrogens (tertiary/aromatic N) is 3. The van der Waals surface area contributed by atoms with E-state index in [2.05, 4.69) is 15.7 Å². The van der Waals surface area contributed by atoms with Crippen LogP contribution in [0.2, 0.25) is 5.02 Å². The van der Waals surface area contributed by atoms with E-state index in [-0.39, 0.29) is 11.1 Å². The van der Waals surface area contributed by atoms with Gasteiger partial charge in [-0.2, -0.15) is 0 Å². The minimum Gasteiger partial charge on any atom is -0.271 e. The molecule has 0 aliphatic rings. The maximum Gasteiger partial charge on any atom is 0.141 e. The summed E-state index contributed by atoms with van der Waals surface area (Å²) in [5.74, 6) is 5.06. The van der Waals surface area contributed by atoms with Gasteiger partial charge in [0.05, 0.1) is 16.8 Å². The third-order valence-corrected chi connectivity index (χ3v) is 2.90. The first-order chi connectivity index (χ1) is 8.60. The second kappa shape index (κ2) is 5.43. The lowest BCUT2D eigenvalue weighted by atomic mass is 10.0. The molecule has 5 nitrogen and oxygen atoms in total. The van der Waals surface area contributed by atoms with E-state index in [0.29, 0.717) is 6.42 Å². The summed E-state index contributed by atoms with van der Waals surface area (Å²) in [7, 11) is 1.79. The third-order valence-electron chi connectivity index (χ3n) is 2.61. The molecule has 0 saturated heterocycles. The van der Waals surface area contributed by atoms with E-state index >= 15 is 0 Å². The fraction of sp³-hybridized carbons (Fsp3) is 0.273. The highest BCUT2D eigenvalue weighted by Crippen LogP contribution is 2.22. The molecule has 0 saturated carbocycles. The highest BCUT2D eigenvalue weighted by Gasteiger charge is 2.14. The van der Waals surface area contributed by atoms with Gasteiger partial charge in [-0.1, -0.05) is 22.9 Å². The van der Waals surface area contributed by atoms with Crippen LogP contribution in [-0.2, 0) is 13.5 Å². The largest absolute Gasteiger partial charge is 0.271 e. The number of hydrogen-bond acceptors (Lipinski definition) is 4. The molecule has 0 fully saturated rings. The van der Waals surface area contributed by atoms with Gasteiger partial charge in [-0.05, 0) is 17.7 Å². The first kappa shape index (κ1) is 12.9. The van der Waals surface area contributed by atoms with Crippen molar-refractivity contribution in [2.75, 3.05) is 0 Å². The third kappa shape index (κ3) is 2.84. The zero-order chi connectivity index (χ0) is 13.1. The molecular formula is C11H13ClFN5. The molecule has 7 heteroatoms. The number of rotatable bonds is 4. The van der Waals surface area contributed by atoms with Crippen molar-refractivity contribution in [3.05, 3.63) is 46.5 Å². The Morgan fingerprint density at radius 3 is 2.89 bits per heavy atom. The van der Waals surface area contributed by atoms with Gasteiger partial charge in [0.25, 0.3) is 0 Å². The lowest BCUT2D eigenvalue weighted by molar-refractivity contribution is 0.543. The number of aryl methyl sites for hydroxylation is 1. The average molecular weight is 270 g/mol. The Morgan fingerprint density at radius 2 is 2.33 bits per heavy atom. The number of nitrogens with one attached hydrogen (secondary N) is 1. The predicted octanol–water partition coefficient (Wildman–Crippen LogP) is 1.35. The van der Waals surface area contributed by atoms with Gasteiger partial charge in [-0.25, -0.2) is 4.39 Å². The Bertz CT molecular complexity index is 542. The van der Waals surface area contributed by atoms with E-state index in [9.17, 15) is 4.39 Å². The summed E-state index contributed by atoms with van der Waals surface area (Å²) in [6, 6.07) is 4.32. The maximum atomic E-state index is 13.1. The fourth-order valence-electron chi connectivity index (χ4n) is 1.70. The van der Waals surface area contributed by atoms with Crippen LogP contribution in [0, 0.1) is 5.82 Å². The normalized spacial score (nSPS) is 12.7. The van der Waals surface area contributed by atoms with Crippen LogP contribution < -0.4 is 11.3 Å². The smallest absolute Gasteiger partial charge is 0.141 e. The van der Waals surface area contributed by atoms with E-state index in [1.54, 1.807) is 30.1 Å². The Balaban J connectivity index is 2.19. The zero-order valence-electron chi connectivity index (χ0n) is 9.77. The van der Waals surface area contributed by atoms with Crippen molar-refractivity contribution in [1.82, 2.24) is 20.4 Å². The molecule has 3 N–H and O–H groups in total.